The van der Waals surface area contributed by atoms with Gasteiger partial charge in [-0.15, -0.1) is 12.4 Å². The number of carbonyl (C=O) groups is 1. The number of halogens is 4. The van der Waals surface area contributed by atoms with Crippen molar-refractivity contribution in [1.29, 1.82) is 0 Å². The molecule has 1 heterocycles. The number of hydrogen-bond acceptors (Lipinski definition) is 2. The Balaban J connectivity index is 0.00000162. The van der Waals surface area contributed by atoms with E-state index in [0.29, 0.717) is 24.6 Å². The average molecular weight is 281 g/mol. The Bertz CT molecular complexity index is 429. The van der Waals surface area contributed by atoms with Crippen molar-refractivity contribution in [3.63, 3.8) is 0 Å². The molecule has 0 bridgehead atoms. The fourth-order valence-electron chi connectivity index (χ4n) is 1.52. The first kappa shape index (κ1) is 14.8. The molecule has 0 spiro atoms. The van der Waals surface area contributed by atoms with Gasteiger partial charge >= 0.3 is 0 Å². The van der Waals surface area contributed by atoms with Gasteiger partial charge in [-0.2, -0.15) is 0 Å². The second-order valence-corrected chi connectivity index (χ2v) is 3.99. The molecule has 3 nitrogen and oxygen atoms in total. The van der Waals surface area contributed by atoms with Crippen LogP contribution in [0.25, 0.3) is 0 Å². The smallest absolute Gasteiger partial charge is 0.251 e. The summed E-state index contributed by atoms with van der Waals surface area (Å²) in [6.07, 6.45) is 0. The summed E-state index contributed by atoms with van der Waals surface area (Å²) < 4.78 is 38.4. The van der Waals surface area contributed by atoms with Crippen LogP contribution in [0, 0.1) is 23.4 Å². The third-order valence-corrected chi connectivity index (χ3v) is 2.66. The van der Waals surface area contributed by atoms with Crippen molar-refractivity contribution < 1.29 is 18.0 Å². The van der Waals surface area contributed by atoms with E-state index in [-0.39, 0.29) is 18.0 Å². The van der Waals surface area contributed by atoms with Crippen LogP contribution < -0.4 is 10.6 Å². The minimum absolute atomic E-state index is 0. The molecule has 0 unspecified atom stereocenters. The predicted molar refractivity (Wildman–Crippen MR) is 62.3 cm³/mol. The minimum atomic E-state index is -1.57. The zero-order chi connectivity index (χ0) is 12.4. The van der Waals surface area contributed by atoms with Gasteiger partial charge in [-0.1, -0.05) is 0 Å². The Morgan fingerprint density at radius 1 is 1.28 bits per heavy atom. The number of nitrogens with one attached hydrogen (secondary N) is 2. The molecule has 1 fully saturated rings. The molecule has 1 saturated heterocycles. The lowest BCUT2D eigenvalue weighted by Crippen LogP contribution is -2.48. The highest BCUT2D eigenvalue weighted by molar-refractivity contribution is 5.94. The van der Waals surface area contributed by atoms with E-state index in [0.717, 1.165) is 13.1 Å². The summed E-state index contributed by atoms with van der Waals surface area (Å²) in [6.45, 7) is 2.06. The van der Waals surface area contributed by atoms with Gasteiger partial charge in [-0.25, -0.2) is 13.2 Å². The van der Waals surface area contributed by atoms with Gasteiger partial charge in [-0.05, 0) is 12.1 Å². The zero-order valence-corrected chi connectivity index (χ0v) is 10.1. The molecular formula is C11H12ClF3N2O. The van der Waals surface area contributed by atoms with Crippen molar-refractivity contribution in [2.45, 2.75) is 0 Å². The second-order valence-electron chi connectivity index (χ2n) is 3.99. The Kier molecular flexibility index (Phi) is 4.98. The van der Waals surface area contributed by atoms with Gasteiger partial charge in [0.25, 0.3) is 5.91 Å². The summed E-state index contributed by atoms with van der Waals surface area (Å²) in [4.78, 5) is 11.5. The molecule has 1 aromatic carbocycles. The van der Waals surface area contributed by atoms with Crippen molar-refractivity contribution in [2.75, 3.05) is 19.6 Å². The van der Waals surface area contributed by atoms with Gasteiger partial charge in [0, 0.05) is 31.1 Å². The molecule has 7 heteroatoms. The van der Waals surface area contributed by atoms with Crippen molar-refractivity contribution in [1.82, 2.24) is 10.6 Å². The maximum absolute atomic E-state index is 12.9. The van der Waals surface area contributed by atoms with Crippen LogP contribution in [0.3, 0.4) is 0 Å². The van der Waals surface area contributed by atoms with Gasteiger partial charge in [-0.3, -0.25) is 4.79 Å². The molecule has 0 saturated carbocycles. The number of amides is 1. The van der Waals surface area contributed by atoms with E-state index in [1.165, 1.54) is 0 Å². The predicted octanol–water partition coefficient (Wildman–Crippen LogP) is 1.47. The lowest BCUT2D eigenvalue weighted by Gasteiger charge is -2.27. The number of rotatable bonds is 3. The number of hydrogen-bond donors (Lipinski definition) is 2. The number of carbonyl (C=O) groups excluding carboxylic acids is 1. The molecule has 2 rings (SSSR count). The van der Waals surface area contributed by atoms with Crippen LogP contribution in [-0.4, -0.2) is 25.5 Å². The normalized spacial score (nSPS) is 14.6. The SMILES string of the molecule is Cl.O=C(NCC1CNC1)c1cc(F)c(F)c(F)c1. The first-order valence-corrected chi connectivity index (χ1v) is 5.21. The molecule has 0 aromatic heterocycles. The lowest BCUT2D eigenvalue weighted by molar-refractivity contribution is 0.0941. The monoisotopic (exact) mass is 280 g/mol. The molecule has 1 aromatic rings. The summed E-state index contributed by atoms with van der Waals surface area (Å²) in [6, 6.07) is 1.37. The van der Waals surface area contributed by atoms with Crippen molar-refractivity contribution in [2.24, 2.45) is 5.92 Å². The van der Waals surface area contributed by atoms with Crippen molar-refractivity contribution in [3.05, 3.63) is 35.1 Å². The molecule has 18 heavy (non-hydrogen) atoms. The summed E-state index contributed by atoms with van der Waals surface area (Å²) in [5.41, 5.74) is -0.214. The molecule has 0 aliphatic carbocycles. The third kappa shape index (κ3) is 3.14. The summed E-state index contributed by atoms with van der Waals surface area (Å²) in [5, 5.41) is 5.57. The first-order chi connectivity index (χ1) is 8.08. The highest BCUT2D eigenvalue weighted by Crippen LogP contribution is 2.13. The lowest BCUT2D eigenvalue weighted by atomic mass is 10.0. The van der Waals surface area contributed by atoms with Gasteiger partial charge < -0.3 is 10.6 Å². The van der Waals surface area contributed by atoms with Crippen LogP contribution in [0.4, 0.5) is 13.2 Å². The van der Waals surface area contributed by atoms with Gasteiger partial charge in [0.15, 0.2) is 17.5 Å². The molecule has 0 radical (unpaired) electrons. The van der Waals surface area contributed by atoms with Gasteiger partial charge in [0.05, 0.1) is 0 Å². The topological polar surface area (TPSA) is 41.1 Å². The van der Waals surface area contributed by atoms with E-state index in [1.807, 2.05) is 0 Å². The second kappa shape index (κ2) is 6.06. The average Bonchev–Trinajstić information content (AvgIpc) is 2.22. The summed E-state index contributed by atoms with van der Waals surface area (Å²) in [7, 11) is 0. The standard InChI is InChI=1S/C11H11F3N2O.ClH/c12-8-1-7(2-9(13)10(8)14)11(17)16-5-6-3-15-4-6;/h1-2,6,15H,3-5H2,(H,16,17);1H. The maximum atomic E-state index is 12.9. The molecule has 2 N–H and O–H groups in total. The molecule has 1 amide bonds. The van der Waals surface area contributed by atoms with E-state index in [2.05, 4.69) is 10.6 Å². The summed E-state index contributed by atoms with van der Waals surface area (Å²) in [5.74, 6) is -4.55. The quantitative estimate of drug-likeness (QED) is 0.824. The van der Waals surface area contributed by atoms with E-state index in [9.17, 15) is 18.0 Å². The van der Waals surface area contributed by atoms with E-state index in [4.69, 9.17) is 0 Å². The third-order valence-electron chi connectivity index (χ3n) is 2.66. The Hall–Kier alpha value is -1.27. The maximum Gasteiger partial charge on any atom is 0.251 e. The molecular weight excluding hydrogens is 269 g/mol. The Labute approximate surface area is 108 Å². The summed E-state index contributed by atoms with van der Waals surface area (Å²) >= 11 is 0. The Morgan fingerprint density at radius 3 is 2.28 bits per heavy atom. The van der Waals surface area contributed by atoms with Crippen LogP contribution in [0.5, 0.6) is 0 Å². The number of benzene rings is 1. The zero-order valence-electron chi connectivity index (χ0n) is 9.30. The fraction of sp³-hybridized carbons (Fsp3) is 0.364. The van der Waals surface area contributed by atoms with Gasteiger partial charge in [0.2, 0.25) is 0 Å². The Morgan fingerprint density at radius 2 is 1.83 bits per heavy atom. The molecule has 100 valence electrons. The van der Waals surface area contributed by atoms with Crippen molar-refractivity contribution in [3.8, 4) is 0 Å². The van der Waals surface area contributed by atoms with Crippen LogP contribution in [0.1, 0.15) is 10.4 Å². The molecule has 1 aliphatic heterocycles. The van der Waals surface area contributed by atoms with E-state index < -0.39 is 23.4 Å². The van der Waals surface area contributed by atoms with E-state index >= 15 is 0 Å². The van der Waals surface area contributed by atoms with Crippen LogP contribution in [0.2, 0.25) is 0 Å². The van der Waals surface area contributed by atoms with Crippen molar-refractivity contribution >= 4 is 18.3 Å². The van der Waals surface area contributed by atoms with Crippen LogP contribution >= 0.6 is 12.4 Å². The minimum Gasteiger partial charge on any atom is -0.352 e. The van der Waals surface area contributed by atoms with Gasteiger partial charge in [0.1, 0.15) is 0 Å². The van der Waals surface area contributed by atoms with E-state index in [1.54, 1.807) is 0 Å². The molecule has 1 aliphatic rings. The highest BCUT2D eigenvalue weighted by Gasteiger charge is 2.19. The van der Waals surface area contributed by atoms with Crippen LogP contribution in [-0.2, 0) is 0 Å². The highest BCUT2D eigenvalue weighted by atomic mass is 35.5. The molecule has 0 atom stereocenters. The van der Waals surface area contributed by atoms with Crippen LogP contribution in [0.15, 0.2) is 12.1 Å². The fourth-order valence-corrected chi connectivity index (χ4v) is 1.52. The first-order valence-electron chi connectivity index (χ1n) is 5.21. The largest absolute Gasteiger partial charge is 0.352 e.